The van der Waals surface area contributed by atoms with E-state index in [1.165, 1.54) is 23.9 Å². The number of aliphatic imine (C=N–C) groups is 1. The van der Waals surface area contributed by atoms with Crippen molar-refractivity contribution in [2.75, 3.05) is 6.61 Å². The number of thioether (sulfide) groups is 1. The molecule has 0 atom stereocenters. The maximum Gasteiger partial charge on any atom is 0.339 e. The Bertz CT molecular complexity index is 1470. The molecule has 1 saturated heterocycles. The Balaban J connectivity index is 1.62. The first-order chi connectivity index (χ1) is 17.1. The molecule has 0 aromatic heterocycles. The van der Waals surface area contributed by atoms with Crippen molar-refractivity contribution in [1.29, 1.82) is 0 Å². The van der Waals surface area contributed by atoms with Crippen molar-refractivity contribution < 1.29 is 22.1 Å². The summed E-state index contributed by atoms with van der Waals surface area (Å²) in [5, 5.41) is 3.78. The van der Waals surface area contributed by atoms with Crippen LogP contribution in [-0.2, 0) is 14.9 Å². The van der Waals surface area contributed by atoms with Crippen molar-refractivity contribution in [3.05, 3.63) is 85.3 Å². The van der Waals surface area contributed by atoms with Crippen molar-refractivity contribution in [1.82, 2.24) is 5.32 Å². The fourth-order valence-electron chi connectivity index (χ4n) is 3.14. The molecule has 3 aromatic carbocycles. The Morgan fingerprint density at radius 2 is 1.81 bits per heavy atom. The predicted molar refractivity (Wildman–Crippen MR) is 152 cm³/mol. The molecule has 36 heavy (non-hydrogen) atoms. The molecule has 0 aliphatic carbocycles. The summed E-state index contributed by atoms with van der Waals surface area (Å²) in [7, 11) is -4.07. The van der Waals surface area contributed by atoms with E-state index in [-0.39, 0.29) is 22.3 Å². The number of hydrogen-bond acceptors (Lipinski definition) is 7. The van der Waals surface area contributed by atoms with Crippen LogP contribution in [0.4, 0.5) is 5.69 Å². The number of benzene rings is 3. The fraction of sp³-hybridized carbons (Fsp3) is 0.120. The Morgan fingerprint density at radius 1 is 1.11 bits per heavy atom. The number of rotatable bonds is 7. The summed E-state index contributed by atoms with van der Waals surface area (Å²) in [5.41, 5.74) is 2.24. The van der Waals surface area contributed by atoms with Crippen molar-refractivity contribution >= 4 is 78.9 Å². The first-order valence-corrected chi connectivity index (χ1v) is 14.4. The van der Waals surface area contributed by atoms with E-state index in [0.717, 1.165) is 5.56 Å². The molecule has 0 spiro atoms. The number of ether oxygens (including phenoxy) is 1. The number of hydrogen-bond donors (Lipinski definition) is 1. The van der Waals surface area contributed by atoms with E-state index in [4.69, 9.17) is 20.5 Å². The molecule has 186 valence electrons. The number of nitrogens with zero attached hydrogens (tertiary/aromatic N) is 1. The lowest BCUT2D eigenvalue weighted by atomic mass is 10.2. The second-order valence-corrected chi connectivity index (χ2v) is 11.7. The molecule has 1 aliphatic heterocycles. The molecule has 7 nitrogen and oxygen atoms in total. The van der Waals surface area contributed by atoms with Crippen LogP contribution in [0.2, 0.25) is 5.02 Å². The molecule has 1 heterocycles. The molecule has 3 aromatic rings. The maximum atomic E-state index is 12.9. The van der Waals surface area contributed by atoms with Gasteiger partial charge >= 0.3 is 10.1 Å². The summed E-state index contributed by atoms with van der Waals surface area (Å²) in [6, 6.07) is 16.7. The van der Waals surface area contributed by atoms with Gasteiger partial charge in [-0.3, -0.25) is 4.79 Å². The quantitative estimate of drug-likeness (QED) is 0.182. The summed E-state index contributed by atoms with van der Waals surface area (Å²) in [4.78, 5) is 17.4. The van der Waals surface area contributed by atoms with Crippen LogP contribution < -0.4 is 14.2 Å². The zero-order valence-corrected chi connectivity index (χ0v) is 23.7. The zero-order valence-electron chi connectivity index (χ0n) is 19.1. The van der Waals surface area contributed by atoms with Gasteiger partial charge in [-0.05, 0) is 108 Å². The van der Waals surface area contributed by atoms with Crippen LogP contribution in [0.1, 0.15) is 18.1 Å². The van der Waals surface area contributed by atoms with Gasteiger partial charge in [-0.1, -0.05) is 29.3 Å². The third-order valence-electron chi connectivity index (χ3n) is 4.84. The number of aryl methyl sites for hydroxylation is 1. The minimum absolute atomic E-state index is 0.0454. The average molecular weight is 655 g/mol. The van der Waals surface area contributed by atoms with Gasteiger partial charge in [0.25, 0.3) is 5.91 Å². The highest BCUT2D eigenvalue weighted by Crippen LogP contribution is 2.38. The van der Waals surface area contributed by atoms with E-state index in [1.807, 2.05) is 29.5 Å². The molecular weight excluding hydrogens is 635 g/mol. The molecule has 11 heteroatoms. The minimum Gasteiger partial charge on any atom is -0.490 e. The van der Waals surface area contributed by atoms with E-state index in [0.29, 0.717) is 36.5 Å². The smallest absolute Gasteiger partial charge is 0.339 e. The fourth-order valence-corrected chi connectivity index (χ4v) is 5.95. The first-order valence-electron chi connectivity index (χ1n) is 10.7. The van der Waals surface area contributed by atoms with Gasteiger partial charge in [0.2, 0.25) is 0 Å². The molecular formula is C25H20ClIN2O5S2. The number of amidine groups is 1. The second kappa shape index (κ2) is 11.2. The molecule has 0 saturated carbocycles. The number of nitrogens with one attached hydrogen (secondary N) is 1. The van der Waals surface area contributed by atoms with Crippen LogP contribution in [0, 0.1) is 10.5 Å². The van der Waals surface area contributed by atoms with Crippen LogP contribution >= 0.6 is 46.0 Å². The Hall–Kier alpha value is -2.54. The van der Waals surface area contributed by atoms with Crippen molar-refractivity contribution in [3.8, 4) is 11.5 Å². The summed E-state index contributed by atoms with van der Waals surface area (Å²) < 4.78 is 37.4. The van der Waals surface area contributed by atoms with Gasteiger partial charge in [0.05, 0.1) is 20.8 Å². The van der Waals surface area contributed by atoms with E-state index >= 15 is 0 Å². The summed E-state index contributed by atoms with van der Waals surface area (Å²) in [6.07, 6.45) is 1.69. The maximum absolute atomic E-state index is 12.9. The van der Waals surface area contributed by atoms with Crippen LogP contribution in [0.25, 0.3) is 6.08 Å². The molecule has 0 bridgehead atoms. The van der Waals surface area contributed by atoms with Crippen molar-refractivity contribution in [2.24, 2.45) is 4.99 Å². The zero-order chi connectivity index (χ0) is 25.9. The Kier molecular flexibility index (Phi) is 8.28. The van der Waals surface area contributed by atoms with Gasteiger partial charge in [-0.15, -0.1) is 0 Å². The van der Waals surface area contributed by atoms with Gasteiger partial charge in [0.1, 0.15) is 4.90 Å². The SMILES string of the molecule is CCOc1cc(/C=C2\SC(=Nc3ccc(Cl)cc3)NC2=O)cc(I)c1OS(=O)(=O)c1ccc(C)cc1. The third-order valence-corrected chi connectivity index (χ3v) is 8.04. The molecule has 1 aliphatic rings. The highest BCUT2D eigenvalue weighted by Gasteiger charge is 2.25. The highest BCUT2D eigenvalue weighted by molar-refractivity contribution is 14.1. The van der Waals surface area contributed by atoms with E-state index in [1.54, 1.807) is 61.5 Å². The third kappa shape index (κ3) is 6.41. The number of carbonyl (C=O) groups excluding carboxylic acids is 1. The summed E-state index contributed by atoms with van der Waals surface area (Å²) in [5.74, 6) is 0.0574. The summed E-state index contributed by atoms with van der Waals surface area (Å²) in [6.45, 7) is 3.95. The van der Waals surface area contributed by atoms with Gasteiger partial charge < -0.3 is 14.2 Å². The molecule has 0 unspecified atom stereocenters. The standard InChI is InChI=1S/C25H20ClIN2O5S2/c1-3-33-21-13-16(12-20(27)23(21)34-36(31,32)19-10-4-15(2)5-11-19)14-22-24(30)29-25(35-22)28-18-8-6-17(26)7-9-18/h4-14H,3H2,1-2H3,(H,28,29,30)/b22-14-. The average Bonchev–Trinajstić information content (AvgIpc) is 3.16. The van der Waals surface area contributed by atoms with E-state index in [2.05, 4.69) is 10.3 Å². The van der Waals surface area contributed by atoms with Gasteiger partial charge in [0, 0.05) is 5.02 Å². The summed E-state index contributed by atoms with van der Waals surface area (Å²) >= 11 is 9.10. The predicted octanol–water partition coefficient (Wildman–Crippen LogP) is 6.31. The van der Waals surface area contributed by atoms with E-state index < -0.39 is 10.1 Å². The first kappa shape index (κ1) is 26.5. The van der Waals surface area contributed by atoms with Crippen LogP contribution in [0.3, 0.4) is 0 Å². The molecule has 0 radical (unpaired) electrons. The topological polar surface area (TPSA) is 94.1 Å². The van der Waals surface area contributed by atoms with Crippen LogP contribution in [0.15, 0.2) is 75.5 Å². The number of carbonyl (C=O) groups is 1. The molecule has 1 N–H and O–H groups in total. The highest BCUT2D eigenvalue weighted by atomic mass is 127. The van der Waals surface area contributed by atoms with Gasteiger partial charge in [-0.2, -0.15) is 8.42 Å². The number of amides is 1. The normalized spacial score (nSPS) is 15.8. The monoisotopic (exact) mass is 654 g/mol. The van der Waals surface area contributed by atoms with Crippen molar-refractivity contribution in [2.45, 2.75) is 18.7 Å². The lowest BCUT2D eigenvalue weighted by Crippen LogP contribution is -2.19. The minimum atomic E-state index is -4.07. The Morgan fingerprint density at radius 3 is 2.47 bits per heavy atom. The van der Waals surface area contributed by atoms with Crippen LogP contribution in [0.5, 0.6) is 11.5 Å². The Labute approximate surface area is 232 Å². The van der Waals surface area contributed by atoms with Gasteiger partial charge in [-0.25, -0.2) is 4.99 Å². The van der Waals surface area contributed by atoms with Crippen molar-refractivity contribution in [3.63, 3.8) is 0 Å². The molecule has 1 amide bonds. The molecule has 4 rings (SSSR count). The number of halogens is 2. The van der Waals surface area contributed by atoms with Gasteiger partial charge in [0.15, 0.2) is 16.7 Å². The van der Waals surface area contributed by atoms with E-state index in [9.17, 15) is 13.2 Å². The molecule has 1 fully saturated rings. The van der Waals surface area contributed by atoms with Crippen LogP contribution in [-0.4, -0.2) is 26.1 Å². The lowest BCUT2D eigenvalue weighted by Gasteiger charge is -2.14. The second-order valence-electron chi connectivity index (χ2n) is 7.57. The largest absolute Gasteiger partial charge is 0.490 e. The lowest BCUT2D eigenvalue weighted by molar-refractivity contribution is -0.115.